The van der Waals surface area contributed by atoms with Gasteiger partial charge in [0, 0.05) is 19.2 Å². The van der Waals surface area contributed by atoms with E-state index in [-0.39, 0.29) is 0 Å². The lowest BCUT2D eigenvalue weighted by Gasteiger charge is -2.00. The Morgan fingerprint density at radius 2 is 2.31 bits per heavy atom. The van der Waals surface area contributed by atoms with E-state index in [1.165, 1.54) is 0 Å². The summed E-state index contributed by atoms with van der Waals surface area (Å²) in [6.45, 7) is 0. The lowest BCUT2D eigenvalue weighted by molar-refractivity contribution is 0.833. The molecule has 0 spiro atoms. The standard InChI is InChI=1S/C12H13N3S/c1-15-11-4-3-9(8-13)7-10(11)14-12(15)5-6-16-2/h3-4,7H,5-6H2,1-2H3. The molecule has 0 aliphatic rings. The van der Waals surface area contributed by atoms with Crippen LogP contribution >= 0.6 is 11.8 Å². The number of rotatable bonds is 3. The van der Waals surface area contributed by atoms with Gasteiger partial charge in [0.25, 0.3) is 0 Å². The molecule has 0 N–H and O–H groups in total. The molecule has 0 saturated carbocycles. The smallest absolute Gasteiger partial charge is 0.110 e. The fourth-order valence-electron chi connectivity index (χ4n) is 1.74. The van der Waals surface area contributed by atoms with Crippen LogP contribution < -0.4 is 0 Å². The minimum Gasteiger partial charge on any atom is -0.331 e. The maximum absolute atomic E-state index is 8.83. The Kier molecular flexibility index (Phi) is 3.16. The number of thioether (sulfide) groups is 1. The first kappa shape index (κ1) is 11.0. The quantitative estimate of drug-likeness (QED) is 0.814. The second-order valence-corrected chi connectivity index (χ2v) is 4.63. The number of nitrogens with zero attached hydrogens (tertiary/aromatic N) is 3. The molecule has 2 aromatic rings. The van der Waals surface area contributed by atoms with E-state index in [9.17, 15) is 0 Å². The summed E-state index contributed by atoms with van der Waals surface area (Å²) in [5, 5.41) is 8.83. The van der Waals surface area contributed by atoms with E-state index in [0.29, 0.717) is 5.56 Å². The molecule has 0 aliphatic carbocycles. The summed E-state index contributed by atoms with van der Waals surface area (Å²) in [4.78, 5) is 4.56. The van der Waals surface area contributed by atoms with Crippen LogP contribution in [0.2, 0.25) is 0 Å². The van der Waals surface area contributed by atoms with Crippen molar-refractivity contribution < 1.29 is 0 Å². The second kappa shape index (κ2) is 4.58. The largest absolute Gasteiger partial charge is 0.331 e. The van der Waals surface area contributed by atoms with E-state index in [0.717, 1.165) is 29.0 Å². The van der Waals surface area contributed by atoms with E-state index in [1.54, 1.807) is 0 Å². The topological polar surface area (TPSA) is 41.6 Å². The fourth-order valence-corrected chi connectivity index (χ4v) is 2.12. The number of hydrogen-bond donors (Lipinski definition) is 0. The first-order chi connectivity index (χ1) is 7.76. The van der Waals surface area contributed by atoms with Crippen LogP contribution in [0, 0.1) is 11.3 Å². The molecule has 0 unspecified atom stereocenters. The third kappa shape index (κ3) is 1.91. The molecule has 16 heavy (non-hydrogen) atoms. The predicted octanol–water partition coefficient (Wildman–Crippen LogP) is 2.35. The monoisotopic (exact) mass is 231 g/mol. The molecule has 1 aromatic heterocycles. The zero-order valence-corrected chi connectivity index (χ0v) is 10.2. The number of benzene rings is 1. The first-order valence-electron chi connectivity index (χ1n) is 5.10. The fraction of sp³-hybridized carbons (Fsp3) is 0.333. The van der Waals surface area contributed by atoms with Crippen molar-refractivity contribution in [3.05, 3.63) is 29.6 Å². The van der Waals surface area contributed by atoms with Crippen molar-refractivity contribution in [2.45, 2.75) is 6.42 Å². The van der Waals surface area contributed by atoms with Crippen LogP contribution in [-0.4, -0.2) is 21.6 Å². The summed E-state index contributed by atoms with van der Waals surface area (Å²) >= 11 is 1.82. The van der Waals surface area contributed by atoms with Gasteiger partial charge in [0.2, 0.25) is 0 Å². The number of fused-ring (bicyclic) bond motifs is 1. The molecule has 0 aliphatic heterocycles. The summed E-state index contributed by atoms with van der Waals surface area (Å²) in [5.74, 6) is 2.15. The van der Waals surface area contributed by atoms with Gasteiger partial charge in [0.05, 0.1) is 22.7 Å². The minimum atomic E-state index is 0.669. The van der Waals surface area contributed by atoms with Gasteiger partial charge in [-0.1, -0.05) is 0 Å². The summed E-state index contributed by atoms with van der Waals surface area (Å²) < 4.78 is 2.10. The average molecular weight is 231 g/mol. The number of hydrogen-bond acceptors (Lipinski definition) is 3. The van der Waals surface area contributed by atoms with Crippen molar-refractivity contribution in [2.24, 2.45) is 7.05 Å². The SMILES string of the molecule is CSCCc1nc2cc(C#N)ccc2n1C. The minimum absolute atomic E-state index is 0.669. The Bertz CT molecular complexity index is 551. The highest BCUT2D eigenvalue weighted by atomic mass is 32.2. The van der Waals surface area contributed by atoms with Crippen LogP contribution in [0.25, 0.3) is 11.0 Å². The zero-order valence-electron chi connectivity index (χ0n) is 9.40. The molecule has 0 bridgehead atoms. The van der Waals surface area contributed by atoms with Crippen molar-refractivity contribution in [2.75, 3.05) is 12.0 Å². The molecule has 0 atom stereocenters. The maximum atomic E-state index is 8.83. The van der Waals surface area contributed by atoms with Crippen LogP contribution in [0.3, 0.4) is 0 Å². The molecule has 0 radical (unpaired) electrons. The molecule has 3 nitrogen and oxygen atoms in total. The van der Waals surface area contributed by atoms with Crippen LogP contribution in [0.1, 0.15) is 11.4 Å². The Balaban J connectivity index is 2.47. The van der Waals surface area contributed by atoms with Gasteiger partial charge >= 0.3 is 0 Å². The van der Waals surface area contributed by atoms with Crippen LogP contribution in [0.15, 0.2) is 18.2 Å². The molecule has 1 aromatic carbocycles. The normalized spacial score (nSPS) is 10.6. The molecular weight excluding hydrogens is 218 g/mol. The number of aryl methyl sites for hydroxylation is 2. The molecule has 4 heteroatoms. The lowest BCUT2D eigenvalue weighted by atomic mass is 10.2. The summed E-state index contributed by atoms with van der Waals surface area (Å²) in [5.41, 5.74) is 2.68. The Labute approximate surface area is 99.1 Å². The molecule has 0 fully saturated rings. The Morgan fingerprint density at radius 3 is 3.00 bits per heavy atom. The predicted molar refractivity (Wildman–Crippen MR) is 67.5 cm³/mol. The van der Waals surface area contributed by atoms with Gasteiger partial charge in [0.1, 0.15) is 5.82 Å². The van der Waals surface area contributed by atoms with Crippen molar-refractivity contribution in [3.63, 3.8) is 0 Å². The Morgan fingerprint density at radius 1 is 1.50 bits per heavy atom. The van der Waals surface area contributed by atoms with Gasteiger partial charge in [-0.2, -0.15) is 17.0 Å². The zero-order chi connectivity index (χ0) is 11.5. The molecule has 2 rings (SSSR count). The maximum Gasteiger partial charge on any atom is 0.110 e. The molecule has 0 saturated heterocycles. The summed E-state index contributed by atoms with van der Waals surface area (Å²) in [6, 6.07) is 7.78. The summed E-state index contributed by atoms with van der Waals surface area (Å²) in [7, 11) is 2.02. The van der Waals surface area contributed by atoms with E-state index < -0.39 is 0 Å². The van der Waals surface area contributed by atoms with Crippen molar-refractivity contribution in [1.29, 1.82) is 5.26 Å². The van der Waals surface area contributed by atoms with E-state index >= 15 is 0 Å². The van der Waals surface area contributed by atoms with Crippen LogP contribution in [0.4, 0.5) is 0 Å². The van der Waals surface area contributed by atoms with Crippen molar-refractivity contribution in [3.8, 4) is 6.07 Å². The van der Waals surface area contributed by atoms with Crippen molar-refractivity contribution in [1.82, 2.24) is 9.55 Å². The highest BCUT2D eigenvalue weighted by Crippen LogP contribution is 2.17. The highest BCUT2D eigenvalue weighted by molar-refractivity contribution is 7.98. The molecular formula is C12H13N3S. The lowest BCUT2D eigenvalue weighted by Crippen LogP contribution is -1.99. The van der Waals surface area contributed by atoms with Gasteiger partial charge in [-0.05, 0) is 24.5 Å². The highest BCUT2D eigenvalue weighted by Gasteiger charge is 2.07. The van der Waals surface area contributed by atoms with Gasteiger partial charge in [-0.15, -0.1) is 0 Å². The summed E-state index contributed by atoms with van der Waals surface area (Å²) in [6.07, 6.45) is 3.06. The van der Waals surface area contributed by atoms with Gasteiger partial charge in [-0.3, -0.25) is 0 Å². The number of nitriles is 1. The van der Waals surface area contributed by atoms with Gasteiger partial charge < -0.3 is 4.57 Å². The van der Waals surface area contributed by atoms with Crippen molar-refractivity contribution >= 4 is 22.8 Å². The third-order valence-corrected chi connectivity index (χ3v) is 3.24. The van der Waals surface area contributed by atoms with E-state index in [2.05, 4.69) is 21.9 Å². The molecule has 0 amide bonds. The Hall–Kier alpha value is -1.47. The van der Waals surface area contributed by atoms with Gasteiger partial charge in [-0.25, -0.2) is 4.98 Å². The van der Waals surface area contributed by atoms with Crippen LogP contribution in [-0.2, 0) is 13.5 Å². The van der Waals surface area contributed by atoms with E-state index in [4.69, 9.17) is 5.26 Å². The van der Waals surface area contributed by atoms with Gasteiger partial charge in [0.15, 0.2) is 0 Å². The molecule has 82 valence electrons. The number of aromatic nitrogens is 2. The molecule has 1 heterocycles. The third-order valence-electron chi connectivity index (χ3n) is 2.63. The number of imidazole rings is 1. The average Bonchev–Trinajstić information content (AvgIpc) is 2.63. The van der Waals surface area contributed by atoms with E-state index in [1.807, 2.05) is 37.0 Å². The first-order valence-corrected chi connectivity index (χ1v) is 6.50. The second-order valence-electron chi connectivity index (χ2n) is 3.65. The van der Waals surface area contributed by atoms with Crippen LogP contribution in [0.5, 0.6) is 0 Å².